The number of nitrogens with two attached hydrogens (primary N) is 1. The third-order valence-corrected chi connectivity index (χ3v) is 3.04. The Labute approximate surface area is 104 Å². The van der Waals surface area contributed by atoms with E-state index >= 15 is 0 Å². The Morgan fingerprint density at radius 1 is 1.29 bits per heavy atom. The summed E-state index contributed by atoms with van der Waals surface area (Å²) in [5.74, 6) is 0. The van der Waals surface area contributed by atoms with Gasteiger partial charge in [0.05, 0.1) is 18.8 Å². The van der Waals surface area contributed by atoms with E-state index < -0.39 is 0 Å². The van der Waals surface area contributed by atoms with Crippen molar-refractivity contribution in [3.05, 3.63) is 17.0 Å². The molecule has 0 aliphatic rings. The highest BCUT2D eigenvalue weighted by molar-refractivity contribution is 5.27. The van der Waals surface area contributed by atoms with Crippen LogP contribution in [0.3, 0.4) is 0 Å². The lowest BCUT2D eigenvalue weighted by atomic mass is 10.0. The lowest BCUT2D eigenvalue weighted by molar-refractivity contribution is 0.124. The molecule has 0 amide bonds. The lowest BCUT2D eigenvalue weighted by Crippen LogP contribution is -2.12. The second kappa shape index (κ2) is 6.77. The monoisotopic (exact) mass is 239 g/mol. The van der Waals surface area contributed by atoms with E-state index in [2.05, 4.69) is 25.9 Å². The number of nitrogens with zero attached hydrogens (tertiary/aromatic N) is 2. The minimum Gasteiger partial charge on any atom is -0.380 e. The molecule has 0 saturated heterocycles. The van der Waals surface area contributed by atoms with Gasteiger partial charge in [-0.2, -0.15) is 5.10 Å². The van der Waals surface area contributed by atoms with E-state index in [1.165, 1.54) is 11.3 Å². The Hall–Kier alpha value is -0.870. The van der Waals surface area contributed by atoms with Gasteiger partial charge in [-0.05, 0) is 26.7 Å². The Bertz CT molecular complexity index is 347. The Balaban J connectivity index is 2.68. The van der Waals surface area contributed by atoms with Crippen LogP contribution in [0.25, 0.3) is 0 Å². The number of rotatable bonds is 7. The molecule has 4 nitrogen and oxygen atoms in total. The molecule has 1 aromatic heterocycles. The topological polar surface area (TPSA) is 53.1 Å². The van der Waals surface area contributed by atoms with Crippen LogP contribution in [0, 0.1) is 13.8 Å². The van der Waals surface area contributed by atoms with Gasteiger partial charge in [0.15, 0.2) is 0 Å². The minimum absolute atomic E-state index is 0.0975. The van der Waals surface area contributed by atoms with Gasteiger partial charge in [-0.3, -0.25) is 4.68 Å². The second-order valence-corrected chi connectivity index (χ2v) is 4.43. The van der Waals surface area contributed by atoms with Crippen LogP contribution in [0.5, 0.6) is 0 Å². The predicted molar refractivity (Wildman–Crippen MR) is 70.0 cm³/mol. The van der Waals surface area contributed by atoms with Crippen LogP contribution in [-0.4, -0.2) is 23.0 Å². The molecule has 98 valence electrons. The van der Waals surface area contributed by atoms with Crippen molar-refractivity contribution >= 4 is 0 Å². The maximum Gasteiger partial charge on any atom is 0.0662 e. The molecule has 0 radical (unpaired) electrons. The SMILES string of the molecule is CCCOCCn1nc(C)c(C(N)CC)c1C. The van der Waals surface area contributed by atoms with Gasteiger partial charge in [0.25, 0.3) is 0 Å². The van der Waals surface area contributed by atoms with Crippen molar-refractivity contribution in [2.24, 2.45) is 5.73 Å². The molecule has 1 rings (SSSR count). The van der Waals surface area contributed by atoms with E-state index in [1.807, 2.05) is 11.6 Å². The van der Waals surface area contributed by atoms with Crippen LogP contribution in [0.4, 0.5) is 0 Å². The first kappa shape index (κ1) is 14.2. The molecule has 2 N–H and O–H groups in total. The number of hydrogen-bond acceptors (Lipinski definition) is 3. The van der Waals surface area contributed by atoms with Crippen LogP contribution >= 0.6 is 0 Å². The highest BCUT2D eigenvalue weighted by Gasteiger charge is 2.16. The summed E-state index contributed by atoms with van der Waals surface area (Å²) in [5, 5.41) is 4.53. The molecule has 1 heterocycles. The standard InChI is InChI=1S/C13H25N3O/c1-5-8-17-9-7-16-11(4)13(10(3)15-16)12(14)6-2/h12H,5-9,14H2,1-4H3. The van der Waals surface area contributed by atoms with Crippen LogP contribution in [0.1, 0.15) is 49.7 Å². The molecular weight excluding hydrogens is 214 g/mol. The van der Waals surface area contributed by atoms with Crippen molar-refractivity contribution in [1.82, 2.24) is 9.78 Å². The maximum absolute atomic E-state index is 6.10. The van der Waals surface area contributed by atoms with E-state index in [4.69, 9.17) is 10.5 Å². The first-order valence-electron chi connectivity index (χ1n) is 6.49. The van der Waals surface area contributed by atoms with E-state index in [0.29, 0.717) is 0 Å². The molecule has 1 unspecified atom stereocenters. The third-order valence-electron chi connectivity index (χ3n) is 3.04. The van der Waals surface area contributed by atoms with Gasteiger partial charge in [-0.1, -0.05) is 13.8 Å². The second-order valence-electron chi connectivity index (χ2n) is 4.43. The van der Waals surface area contributed by atoms with Gasteiger partial charge in [-0.15, -0.1) is 0 Å². The Morgan fingerprint density at radius 2 is 2.00 bits per heavy atom. The molecule has 0 bridgehead atoms. The molecule has 1 atom stereocenters. The molecule has 0 fully saturated rings. The van der Waals surface area contributed by atoms with Crippen molar-refractivity contribution in [2.75, 3.05) is 13.2 Å². The normalized spacial score (nSPS) is 13.0. The van der Waals surface area contributed by atoms with Gasteiger partial charge >= 0.3 is 0 Å². The summed E-state index contributed by atoms with van der Waals surface area (Å²) < 4.78 is 7.50. The maximum atomic E-state index is 6.10. The first-order chi connectivity index (χ1) is 8.11. The zero-order valence-electron chi connectivity index (χ0n) is 11.5. The summed E-state index contributed by atoms with van der Waals surface area (Å²) in [4.78, 5) is 0. The highest BCUT2D eigenvalue weighted by Crippen LogP contribution is 2.21. The molecule has 0 aliphatic heterocycles. The summed E-state index contributed by atoms with van der Waals surface area (Å²) in [7, 11) is 0. The average Bonchev–Trinajstić information content (AvgIpc) is 2.59. The molecule has 1 aromatic rings. The summed E-state index contributed by atoms with van der Waals surface area (Å²) in [5.41, 5.74) is 9.52. The summed E-state index contributed by atoms with van der Waals surface area (Å²) in [6.07, 6.45) is 2.00. The van der Waals surface area contributed by atoms with Gasteiger partial charge < -0.3 is 10.5 Å². The summed E-state index contributed by atoms with van der Waals surface area (Å²) >= 11 is 0. The van der Waals surface area contributed by atoms with Crippen LogP contribution in [0.2, 0.25) is 0 Å². The molecule has 0 spiro atoms. The Kier molecular flexibility index (Phi) is 5.65. The van der Waals surface area contributed by atoms with Gasteiger partial charge in [0, 0.05) is 23.9 Å². The fourth-order valence-corrected chi connectivity index (χ4v) is 2.07. The van der Waals surface area contributed by atoms with Gasteiger partial charge in [0.2, 0.25) is 0 Å². The minimum atomic E-state index is 0.0975. The Morgan fingerprint density at radius 3 is 2.59 bits per heavy atom. The zero-order valence-corrected chi connectivity index (χ0v) is 11.5. The largest absolute Gasteiger partial charge is 0.380 e. The van der Waals surface area contributed by atoms with E-state index in [1.54, 1.807) is 0 Å². The molecule has 0 aromatic carbocycles. The smallest absolute Gasteiger partial charge is 0.0662 e. The van der Waals surface area contributed by atoms with Crippen molar-refractivity contribution in [1.29, 1.82) is 0 Å². The lowest BCUT2D eigenvalue weighted by Gasteiger charge is -2.10. The van der Waals surface area contributed by atoms with Crippen LogP contribution < -0.4 is 5.73 Å². The molecule has 17 heavy (non-hydrogen) atoms. The summed E-state index contributed by atoms with van der Waals surface area (Å²) in [6, 6.07) is 0.0975. The molecule has 0 saturated carbocycles. The number of aryl methyl sites for hydroxylation is 1. The number of hydrogen-bond donors (Lipinski definition) is 1. The van der Waals surface area contributed by atoms with Crippen molar-refractivity contribution < 1.29 is 4.74 Å². The average molecular weight is 239 g/mol. The summed E-state index contributed by atoms with van der Waals surface area (Å²) in [6.45, 7) is 10.7. The van der Waals surface area contributed by atoms with Crippen LogP contribution in [0.15, 0.2) is 0 Å². The predicted octanol–water partition coefficient (Wildman–Crippen LogP) is 2.34. The molecule has 0 aliphatic carbocycles. The number of ether oxygens (including phenoxy) is 1. The van der Waals surface area contributed by atoms with Crippen LogP contribution in [-0.2, 0) is 11.3 Å². The van der Waals surface area contributed by atoms with Gasteiger partial charge in [-0.25, -0.2) is 0 Å². The van der Waals surface area contributed by atoms with Gasteiger partial charge in [0.1, 0.15) is 0 Å². The first-order valence-corrected chi connectivity index (χ1v) is 6.49. The number of aromatic nitrogens is 2. The van der Waals surface area contributed by atoms with Crippen molar-refractivity contribution in [3.8, 4) is 0 Å². The quantitative estimate of drug-likeness (QED) is 0.743. The fraction of sp³-hybridized carbons (Fsp3) is 0.769. The van der Waals surface area contributed by atoms with E-state index in [9.17, 15) is 0 Å². The highest BCUT2D eigenvalue weighted by atomic mass is 16.5. The third kappa shape index (κ3) is 3.54. The fourth-order valence-electron chi connectivity index (χ4n) is 2.07. The molecule has 4 heteroatoms. The van der Waals surface area contributed by atoms with Crippen molar-refractivity contribution in [3.63, 3.8) is 0 Å². The van der Waals surface area contributed by atoms with Crippen molar-refractivity contribution in [2.45, 2.75) is 53.1 Å². The molecular formula is C13H25N3O. The van der Waals surface area contributed by atoms with E-state index in [-0.39, 0.29) is 6.04 Å². The zero-order chi connectivity index (χ0) is 12.8. The van der Waals surface area contributed by atoms with E-state index in [0.717, 1.165) is 38.3 Å².